The molecule has 2 N–H and O–H groups in total. The second kappa shape index (κ2) is 5.10. The van der Waals surface area contributed by atoms with Crippen molar-refractivity contribution in [1.29, 1.82) is 0 Å². The van der Waals surface area contributed by atoms with Gasteiger partial charge in [0.1, 0.15) is 11.6 Å². The predicted molar refractivity (Wildman–Crippen MR) is 65.7 cm³/mol. The maximum atomic E-state index is 13.7. The molecule has 0 heterocycles. The van der Waals surface area contributed by atoms with Crippen LogP contribution in [0.1, 0.15) is 31.9 Å². The van der Waals surface area contributed by atoms with E-state index in [1.807, 2.05) is 32.8 Å². The van der Waals surface area contributed by atoms with Gasteiger partial charge < -0.3 is 10.6 Å². The van der Waals surface area contributed by atoms with Crippen molar-refractivity contribution >= 4 is 0 Å². The van der Waals surface area contributed by atoms with Crippen molar-refractivity contribution < 1.29 is 8.78 Å². The van der Waals surface area contributed by atoms with Gasteiger partial charge in [0.15, 0.2) is 0 Å². The molecular weight excluding hydrogens is 222 g/mol. The zero-order chi connectivity index (χ0) is 13.2. The third kappa shape index (κ3) is 2.64. The first-order valence-electron chi connectivity index (χ1n) is 5.71. The van der Waals surface area contributed by atoms with Gasteiger partial charge in [0, 0.05) is 17.2 Å². The molecular formula is C13H20F2N2. The third-order valence-corrected chi connectivity index (χ3v) is 3.70. The second-order valence-corrected chi connectivity index (χ2v) is 4.75. The molecule has 0 fully saturated rings. The van der Waals surface area contributed by atoms with E-state index in [1.54, 1.807) is 0 Å². The lowest BCUT2D eigenvalue weighted by molar-refractivity contribution is 0.130. The van der Waals surface area contributed by atoms with Gasteiger partial charge in [-0.2, -0.15) is 0 Å². The van der Waals surface area contributed by atoms with Crippen LogP contribution in [0.25, 0.3) is 0 Å². The van der Waals surface area contributed by atoms with Crippen LogP contribution in [0, 0.1) is 11.6 Å². The van der Waals surface area contributed by atoms with E-state index in [1.165, 1.54) is 12.1 Å². The van der Waals surface area contributed by atoms with Gasteiger partial charge in [0.05, 0.1) is 6.04 Å². The molecule has 0 amide bonds. The SMILES string of the molecule is CCC(C)(C(N)c1ccc(F)cc1F)N(C)C. The lowest BCUT2D eigenvalue weighted by atomic mass is 9.84. The highest BCUT2D eigenvalue weighted by molar-refractivity contribution is 5.25. The maximum Gasteiger partial charge on any atom is 0.130 e. The van der Waals surface area contributed by atoms with Gasteiger partial charge in [-0.15, -0.1) is 0 Å². The predicted octanol–water partition coefficient (Wildman–Crippen LogP) is 2.69. The molecule has 1 aromatic rings. The Hall–Kier alpha value is -1.00. The van der Waals surface area contributed by atoms with Crippen molar-refractivity contribution in [3.63, 3.8) is 0 Å². The van der Waals surface area contributed by atoms with Crippen LogP contribution in [0.2, 0.25) is 0 Å². The van der Waals surface area contributed by atoms with Crippen LogP contribution in [-0.2, 0) is 0 Å². The van der Waals surface area contributed by atoms with Crippen molar-refractivity contribution in [2.45, 2.75) is 31.8 Å². The van der Waals surface area contributed by atoms with E-state index >= 15 is 0 Å². The normalized spacial score (nSPS) is 16.9. The first-order valence-corrected chi connectivity index (χ1v) is 5.71. The Balaban J connectivity index is 3.14. The zero-order valence-electron chi connectivity index (χ0n) is 10.8. The van der Waals surface area contributed by atoms with Gasteiger partial charge in [-0.3, -0.25) is 0 Å². The monoisotopic (exact) mass is 242 g/mol. The van der Waals surface area contributed by atoms with E-state index in [4.69, 9.17) is 5.73 Å². The Morgan fingerprint density at radius 2 is 1.94 bits per heavy atom. The summed E-state index contributed by atoms with van der Waals surface area (Å²) in [6.45, 7) is 3.97. The fraction of sp³-hybridized carbons (Fsp3) is 0.538. The van der Waals surface area contributed by atoms with Gasteiger partial charge >= 0.3 is 0 Å². The number of rotatable bonds is 4. The Bertz CT molecular complexity index is 393. The van der Waals surface area contributed by atoms with Crippen LogP contribution < -0.4 is 5.73 Å². The van der Waals surface area contributed by atoms with Crippen LogP contribution >= 0.6 is 0 Å². The van der Waals surface area contributed by atoms with E-state index in [-0.39, 0.29) is 5.54 Å². The molecule has 0 bridgehead atoms. The summed E-state index contributed by atoms with van der Waals surface area (Å²) < 4.78 is 26.5. The summed E-state index contributed by atoms with van der Waals surface area (Å²) in [6.07, 6.45) is 0.776. The molecule has 2 nitrogen and oxygen atoms in total. The van der Waals surface area contributed by atoms with Crippen molar-refractivity contribution in [3.05, 3.63) is 35.4 Å². The van der Waals surface area contributed by atoms with E-state index in [0.717, 1.165) is 12.5 Å². The Kier molecular flexibility index (Phi) is 4.22. The topological polar surface area (TPSA) is 29.3 Å². The highest BCUT2D eigenvalue weighted by Gasteiger charge is 2.34. The molecule has 0 saturated carbocycles. The lowest BCUT2D eigenvalue weighted by Gasteiger charge is -2.41. The molecule has 1 aromatic carbocycles. The van der Waals surface area contributed by atoms with Gasteiger partial charge in [0.2, 0.25) is 0 Å². The molecule has 0 aromatic heterocycles. The molecule has 4 heteroatoms. The Morgan fingerprint density at radius 3 is 2.35 bits per heavy atom. The molecule has 17 heavy (non-hydrogen) atoms. The Morgan fingerprint density at radius 1 is 1.35 bits per heavy atom. The summed E-state index contributed by atoms with van der Waals surface area (Å²) in [5, 5.41) is 0. The highest BCUT2D eigenvalue weighted by atomic mass is 19.1. The van der Waals surface area contributed by atoms with Gasteiger partial charge in [0.25, 0.3) is 0 Å². The lowest BCUT2D eigenvalue weighted by Crippen LogP contribution is -2.49. The molecule has 1 rings (SSSR count). The van der Waals surface area contributed by atoms with E-state index in [0.29, 0.717) is 5.56 Å². The molecule has 96 valence electrons. The minimum atomic E-state index is -0.584. The first-order chi connectivity index (χ1) is 7.82. The quantitative estimate of drug-likeness (QED) is 0.879. The largest absolute Gasteiger partial charge is 0.322 e. The number of hydrogen-bond acceptors (Lipinski definition) is 2. The standard InChI is InChI=1S/C13H20F2N2/c1-5-13(2,17(3)4)12(16)10-7-6-9(14)8-11(10)15/h6-8,12H,5,16H2,1-4H3. The number of likely N-dealkylation sites (N-methyl/N-ethyl adjacent to an activating group) is 1. The molecule has 0 saturated heterocycles. The first kappa shape index (κ1) is 14.1. The Labute approximate surface area is 101 Å². The summed E-state index contributed by atoms with van der Waals surface area (Å²) in [5.74, 6) is -1.17. The van der Waals surface area contributed by atoms with Crippen molar-refractivity contribution in [2.75, 3.05) is 14.1 Å². The third-order valence-electron chi connectivity index (χ3n) is 3.70. The average Bonchev–Trinajstić information content (AvgIpc) is 2.26. The smallest absolute Gasteiger partial charge is 0.130 e. The van der Waals surface area contributed by atoms with Crippen LogP contribution in [0.4, 0.5) is 8.78 Å². The molecule has 2 unspecified atom stereocenters. The summed E-state index contributed by atoms with van der Waals surface area (Å²) in [6, 6.07) is 3.04. The van der Waals surface area contributed by atoms with Gasteiger partial charge in [-0.25, -0.2) is 8.78 Å². The molecule has 0 aliphatic carbocycles. The molecule has 2 atom stereocenters. The van der Waals surface area contributed by atoms with Gasteiger partial charge in [-0.1, -0.05) is 13.0 Å². The minimum absolute atomic E-state index is 0.351. The van der Waals surface area contributed by atoms with E-state index < -0.39 is 17.7 Å². The second-order valence-electron chi connectivity index (χ2n) is 4.75. The highest BCUT2D eigenvalue weighted by Crippen LogP contribution is 2.32. The number of benzene rings is 1. The fourth-order valence-electron chi connectivity index (χ4n) is 1.90. The van der Waals surface area contributed by atoms with Crippen molar-refractivity contribution in [3.8, 4) is 0 Å². The number of hydrogen-bond donors (Lipinski definition) is 1. The summed E-state index contributed by atoms with van der Waals surface area (Å²) >= 11 is 0. The summed E-state index contributed by atoms with van der Waals surface area (Å²) in [7, 11) is 3.82. The van der Waals surface area contributed by atoms with Gasteiger partial charge in [-0.05, 0) is 33.5 Å². The van der Waals surface area contributed by atoms with Crippen LogP contribution in [-0.4, -0.2) is 24.5 Å². The summed E-state index contributed by atoms with van der Waals surface area (Å²) in [5.41, 5.74) is 6.12. The van der Waals surface area contributed by atoms with Crippen molar-refractivity contribution in [1.82, 2.24) is 4.90 Å². The fourth-order valence-corrected chi connectivity index (χ4v) is 1.90. The van der Waals surface area contributed by atoms with Crippen molar-refractivity contribution in [2.24, 2.45) is 5.73 Å². The van der Waals surface area contributed by atoms with E-state index in [2.05, 4.69) is 0 Å². The zero-order valence-corrected chi connectivity index (χ0v) is 10.8. The minimum Gasteiger partial charge on any atom is -0.322 e. The molecule has 0 spiro atoms. The number of nitrogens with two attached hydrogens (primary N) is 1. The van der Waals surface area contributed by atoms with Crippen LogP contribution in [0.3, 0.4) is 0 Å². The molecule has 0 aliphatic heterocycles. The molecule has 0 aliphatic rings. The number of halogens is 2. The maximum absolute atomic E-state index is 13.7. The average molecular weight is 242 g/mol. The van der Waals surface area contributed by atoms with Crippen LogP contribution in [0.5, 0.6) is 0 Å². The van der Waals surface area contributed by atoms with Crippen LogP contribution in [0.15, 0.2) is 18.2 Å². The van der Waals surface area contributed by atoms with E-state index in [9.17, 15) is 8.78 Å². The number of nitrogens with zero attached hydrogens (tertiary/aromatic N) is 1. The summed E-state index contributed by atoms with van der Waals surface area (Å²) in [4.78, 5) is 1.97. The molecule has 0 radical (unpaired) electrons.